The lowest BCUT2D eigenvalue weighted by atomic mass is 10.0. The highest BCUT2D eigenvalue weighted by atomic mass is 32.2. The number of para-hydroxylation sites is 1. The summed E-state index contributed by atoms with van der Waals surface area (Å²) in [5.74, 6) is 0.203. The number of rotatable bonds is 28. The molecule has 3 amide bonds. The third-order valence-corrected chi connectivity index (χ3v) is 20.8. The molecule has 0 aliphatic carbocycles. The molecule has 0 radical (unpaired) electrons. The third kappa shape index (κ3) is 22.0. The highest BCUT2D eigenvalue weighted by molar-refractivity contribution is 8.04. The molecule has 0 atom stereocenters. The topological polar surface area (TPSA) is 326 Å². The van der Waals surface area contributed by atoms with Crippen molar-refractivity contribution in [2.45, 2.75) is 24.2 Å². The molecule has 17 rings (SSSR count). The Labute approximate surface area is 735 Å². The van der Waals surface area contributed by atoms with Gasteiger partial charge < -0.3 is 42.1 Å². The second kappa shape index (κ2) is 40.6. The molecule has 7 aromatic heterocycles. The molecule has 622 valence electrons. The number of amides is 3. The monoisotopic (exact) mass is 1690 g/mol. The Hall–Kier alpha value is -17.0. The van der Waals surface area contributed by atoms with Crippen LogP contribution in [0.25, 0.3) is 61.6 Å². The van der Waals surface area contributed by atoms with E-state index < -0.39 is 0 Å². The fourth-order valence-electron chi connectivity index (χ4n) is 13.6. The quantitative estimate of drug-likeness (QED) is 0.0177. The number of pyridine rings is 2. The zero-order valence-corrected chi connectivity index (χ0v) is 69.6. The molecule has 0 saturated heterocycles. The number of nitrogens with zero attached hydrogens (tertiary/aromatic N) is 12. The van der Waals surface area contributed by atoms with Crippen LogP contribution in [0, 0.1) is 11.3 Å². The maximum Gasteiger partial charge on any atom is 0.255 e. The van der Waals surface area contributed by atoms with Gasteiger partial charge in [0.1, 0.15) is 23.0 Å². The normalized spacial score (nSPS) is 11.6. The number of hydrogen-bond donors (Lipinski definition) is 7. The van der Waals surface area contributed by atoms with Gasteiger partial charge in [-0.15, -0.1) is 0 Å². The van der Waals surface area contributed by atoms with Crippen molar-refractivity contribution in [3.8, 4) is 51.1 Å². The molecule has 16 aromatic rings. The van der Waals surface area contributed by atoms with Crippen molar-refractivity contribution in [3.63, 3.8) is 0 Å². The number of thioether (sulfide) groups is 1. The summed E-state index contributed by atoms with van der Waals surface area (Å²) in [7, 11) is 3.89. The number of nitrogens with one attached hydrogen (secondary N) is 7. The van der Waals surface area contributed by atoms with Crippen LogP contribution in [0.1, 0.15) is 53.5 Å². The van der Waals surface area contributed by atoms with Crippen molar-refractivity contribution in [2.24, 2.45) is 0 Å². The fourth-order valence-corrected chi connectivity index (χ4v) is 14.6. The summed E-state index contributed by atoms with van der Waals surface area (Å²) >= 11 is 1.49. The lowest BCUT2D eigenvalue weighted by molar-refractivity contribution is -0.114. The zero-order chi connectivity index (χ0) is 88.0. The molecular weight excluding hydrogens is 1610 g/mol. The number of hydrogen-bond acceptors (Lipinski definition) is 21. The molecule has 8 heterocycles. The largest absolute Gasteiger partial charge is 0.348 e. The maximum atomic E-state index is 13.0. The highest BCUT2D eigenvalue weighted by Gasteiger charge is 2.24. The molecule has 0 bridgehead atoms. The van der Waals surface area contributed by atoms with E-state index in [0.717, 1.165) is 99.7 Å². The highest BCUT2D eigenvalue weighted by Crippen LogP contribution is 2.44. The van der Waals surface area contributed by atoms with Crippen molar-refractivity contribution in [2.75, 3.05) is 57.9 Å². The smallest absolute Gasteiger partial charge is 0.255 e. The van der Waals surface area contributed by atoms with Crippen molar-refractivity contribution >= 4 is 121 Å². The van der Waals surface area contributed by atoms with Crippen molar-refractivity contribution in [1.82, 2.24) is 54.0 Å². The van der Waals surface area contributed by atoms with Crippen LogP contribution in [0.4, 0.5) is 57.7 Å². The average molecular weight is 1690 g/mol. The lowest BCUT2D eigenvalue weighted by Gasteiger charge is -2.10. The first kappa shape index (κ1) is 85.0. The first-order chi connectivity index (χ1) is 62.0. The Morgan fingerprint density at radius 1 is 0.441 bits per heavy atom. The number of fused-ring (bicyclic) bond motifs is 3. The van der Waals surface area contributed by atoms with E-state index in [1.54, 1.807) is 128 Å². The minimum absolute atomic E-state index is 0.00711. The summed E-state index contributed by atoms with van der Waals surface area (Å²) in [5, 5.41) is 41.9. The van der Waals surface area contributed by atoms with Gasteiger partial charge in [-0.1, -0.05) is 152 Å². The number of aromatic nitrogens is 10. The van der Waals surface area contributed by atoms with E-state index in [0.29, 0.717) is 75.1 Å². The van der Waals surface area contributed by atoms with Gasteiger partial charge in [0.2, 0.25) is 17.8 Å². The van der Waals surface area contributed by atoms with Gasteiger partial charge >= 0.3 is 0 Å². The molecule has 0 unspecified atom stereocenters. The van der Waals surface area contributed by atoms with E-state index in [2.05, 4.69) is 76.4 Å². The number of benzene rings is 9. The zero-order valence-electron chi connectivity index (χ0n) is 68.8. The molecule has 25 nitrogen and oxygen atoms in total. The van der Waals surface area contributed by atoms with E-state index in [-0.39, 0.29) is 54.3 Å². The standard InChI is InChI=1S/C37H33N7O2.C34H26N6O2.C30H22N6O2S/c1-43(2)22-9-14-31(45)25-26-10-8-13-28(24-26)36(46)39-29-16-18-30(19-17-29)40-37-38-21-20-32(41-37)34-33-15-6-7-23-44(33)42-35(34)27-11-4-3-5-12-27;1-2-28(41)22-23-9-8-12-25(21-23)33(42)36-26-14-16-27(17-15-26)37-34-35-19-18-29(38-34)31-30-13-6-7-20-40(30)39-32(31)24-10-4-3-5-11-24;1-2-23(37)17-19-6-5-7-20(16-19)28(38)33-21-10-12-22(13-11-21)34-30-32-15-14-25(36-30)24(18-31)29-35-26-8-3-4-9-27(26)39-29/h3-21,23-24H,22,25H2,1-2H3,(H,39,46)(H,38,40,41);2-21H,1,22H2,(H,36,42)(H,35,37,38);2-16,35H,1,17H2,(H,33,38)(H,32,34,36)/b14-9+;;29-24-. The second-order valence-corrected chi connectivity index (χ2v) is 30.2. The van der Waals surface area contributed by atoms with Gasteiger partial charge in [0.25, 0.3) is 17.7 Å². The maximum absolute atomic E-state index is 13.0. The molecule has 9 aromatic carbocycles. The van der Waals surface area contributed by atoms with Gasteiger partial charge in [-0.05, 0) is 213 Å². The first-order valence-corrected chi connectivity index (χ1v) is 41.0. The van der Waals surface area contributed by atoms with Crippen LogP contribution in [0.2, 0.25) is 0 Å². The number of anilines is 10. The molecular formula is C101H81N19O6S. The van der Waals surface area contributed by atoms with Gasteiger partial charge in [0.05, 0.1) is 50.0 Å². The Morgan fingerprint density at radius 2 is 0.835 bits per heavy atom. The van der Waals surface area contributed by atoms with Crippen molar-refractivity contribution in [3.05, 3.63) is 398 Å². The Kier molecular flexibility index (Phi) is 27.1. The van der Waals surface area contributed by atoms with E-state index in [4.69, 9.17) is 20.2 Å². The number of carbonyl (C=O) groups excluding carboxylic acids is 6. The molecule has 7 N–H and O–H groups in total. The lowest BCUT2D eigenvalue weighted by Crippen LogP contribution is -2.13. The van der Waals surface area contributed by atoms with E-state index in [1.165, 1.54) is 23.9 Å². The number of carbonyl (C=O) groups is 6. The molecule has 127 heavy (non-hydrogen) atoms. The first-order valence-electron chi connectivity index (χ1n) is 40.2. The number of likely N-dealkylation sites (N-methyl/N-ethyl adjacent to an activating group) is 1. The minimum Gasteiger partial charge on any atom is -0.348 e. The predicted molar refractivity (Wildman–Crippen MR) is 500 cm³/mol. The summed E-state index contributed by atoms with van der Waals surface area (Å²) < 4.78 is 3.72. The molecule has 1 aliphatic rings. The Morgan fingerprint density at radius 3 is 1.25 bits per heavy atom. The summed E-state index contributed by atoms with van der Waals surface area (Å²) in [5.41, 5.74) is 18.6. The van der Waals surface area contributed by atoms with Crippen molar-refractivity contribution < 1.29 is 28.8 Å². The number of nitriles is 1. The van der Waals surface area contributed by atoms with Crippen LogP contribution in [0.15, 0.2) is 363 Å². The molecule has 0 fully saturated rings. The van der Waals surface area contributed by atoms with Crippen LogP contribution in [-0.2, 0) is 33.6 Å². The van der Waals surface area contributed by atoms with Gasteiger partial charge in [0, 0.05) is 124 Å². The summed E-state index contributed by atoms with van der Waals surface area (Å²) in [6, 6.07) is 90.3. The van der Waals surface area contributed by atoms with E-state index in [9.17, 15) is 34.0 Å². The molecule has 0 saturated carbocycles. The molecule has 1 aliphatic heterocycles. The Bertz CT molecular complexity index is 6860. The van der Waals surface area contributed by atoms with E-state index in [1.807, 2.05) is 228 Å². The van der Waals surface area contributed by atoms with Gasteiger partial charge in [-0.3, -0.25) is 28.8 Å². The number of allylic oxidation sites excluding steroid dienone is 4. The minimum atomic E-state index is -0.280. The average Bonchev–Trinajstić information content (AvgIpc) is 1.62. The molecule has 26 heteroatoms. The van der Waals surface area contributed by atoms with Crippen LogP contribution in [-0.4, -0.2) is 110 Å². The van der Waals surface area contributed by atoms with Crippen molar-refractivity contribution in [1.29, 1.82) is 5.26 Å². The fraction of sp³-hybridized carbons (Fsp3) is 0.0594. The predicted octanol–water partition coefficient (Wildman–Crippen LogP) is 19.6. The summed E-state index contributed by atoms with van der Waals surface area (Å²) in [6.45, 7) is 7.68. The van der Waals surface area contributed by atoms with Crippen LogP contribution < -0.4 is 37.2 Å². The molecule has 0 spiro atoms. The second-order valence-electron chi connectivity index (χ2n) is 29.1. The van der Waals surface area contributed by atoms with Crippen LogP contribution in [0.5, 0.6) is 0 Å². The van der Waals surface area contributed by atoms with Crippen LogP contribution >= 0.6 is 11.8 Å². The number of ketones is 3. The van der Waals surface area contributed by atoms with Gasteiger partial charge in [0.15, 0.2) is 17.3 Å². The van der Waals surface area contributed by atoms with Gasteiger partial charge in [-0.25, -0.2) is 38.9 Å². The van der Waals surface area contributed by atoms with Gasteiger partial charge in [-0.2, -0.15) is 15.5 Å². The Balaban J connectivity index is 0.000000147. The SMILES string of the molecule is C=CC(=O)Cc1cccc(C(=O)Nc2ccc(Nc3nccc(-c4c(-c5ccccc5)nn5ccccc45)n3)cc2)c1.C=CC(=O)Cc1cccc(C(=O)Nc2ccc(Nc3nccc(/C(C#N)=C4/Nc5ccccc5S4)n3)cc2)c1.CN(C)C/C=C/C(=O)Cc1cccc(C(=O)Nc2ccc(Nc3nccc(-c4c(-c5ccccc5)nn5ccccc45)n3)cc2)c1. The summed E-state index contributed by atoms with van der Waals surface area (Å²) in [6.07, 6.45) is 15.5. The summed E-state index contributed by atoms with van der Waals surface area (Å²) in [4.78, 5) is 105. The van der Waals surface area contributed by atoms with Crippen LogP contribution in [0.3, 0.4) is 0 Å². The van der Waals surface area contributed by atoms with E-state index >= 15 is 0 Å². The third-order valence-electron chi connectivity index (χ3n) is 19.7.